The summed E-state index contributed by atoms with van der Waals surface area (Å²) >= 11 is 5.97. The number of pyridine rings is 1. The Labute approximate surface area is 115 Å². The summed E-state index contributed by atoms with van der Waals surface area (Å²) in [6.07, 6.45) is 1.65. The van der Waals surface area contributed by atoms with Gasteiger partial charge in [-0.15, -0.1) is 0 Å². The van der Waals surface area contributed by atoms with E-state index in [1.54, 1.807) is 13.1 Å². The Balaban J connectivity index is 2.25. The molecule has 1 atom stereocenters. The Morgan fingerprint density at radius 3 is 2.68 bits per heavy atom. The van der Waals surface area contributed by atoms with Crippen molar-refractivity contribution >= 4 is 17.3 Å². The fourth-order valence-corrected chi connectivity index (χ4v) is 1.98. The highest BCUT2D eigenvalue weighted by molar-refractivity contribution is 6.31. The molecule has 0 aliphatic carbocycles. The van der Waals surface area contributed by atoms with Crippen LogP contribution in [0, 0.1) is 18.6 Å². The van der Waals surface area contributed by atoms with Gasteiger partial charge >= 0.3 is 0 Å². The number of hydrogen-bond donors (Lipinski definition) is 1. The summed E-state index contributed by atoms with van der Waals surface area (Å²) in [7, 11) is 0. The van der Waals surface area contributed by atoms with Crippen LogP contribution in [0.3, 0.4) is 0 Å². The van der Waals surface area contributed by atoms with Gasteiger partial charge < -0.3 is 5.32 Å². The van der Waals surface area contributed by atoms with Crippen molar-refractivity contribution < 1.29 is 8.78 Å². The van der Waals surface area contributed by atoms with Gasteiger partial charge in [0, 0.05) is 17.8 Å². The molecular formula is C14H13ClF2N2. The molecule has 100 valence electrons. The van der Waals surface area contributed by atoms with Crippen molar-refractivity contribution in [2.45, 2.75) is 19.9 Å². The molecule has 2 nitrogen and oxygen atoms in total. The molecule has 1 N–H and O–H groups in total. The highest BCUT2D eigenvalue weighted by atomic mass is 35.5. The number of hydrogen-bond acceptors (Lipinski definition) is 2. The molecule has 19 heavy (non-hydrogen) atoms. The molecule has 0 saturated heterocycles. The van der Waals surface area contributed by atoms with Crippen molar-refractivity contribution in [1.29, 1.82) is 0 Å². The Bertz CT molecular complexity index is 602. The normalized spacial score (nSPS) is 12.3. The lowest BCUT2D eigenvalue weighted by atomic mass is 10.1. The highest BCUT2D eigenvalue weighted by Crippen LogP contribution is 2.26. The molecule has 0 radical (unpaired) electrons. The van der Waals surface area contributed by atoms with E-state index in [4.69, 9.17) is 11.6 Å². The number of nitrogens with one attached hydrogen (secondary N) is 1. The first-order valence-electron chi connectivity index (χ1n) is 5.81. The van der Waals surface area contributed by atoms with Gasteiger partial charge in [0.15, 0.2) is 5.15 Å². The summed E-state index contributed by atoms with van der Waals surface area (Å²) < 4.78 is 26.5. The first-order chi connectivity index (χ1) is 8.97. The molecule has 0 fully saturated rings. The smallest absolute Gasteiger partial charge is 0.152 e. The number of benzene rings is 1. The quantitative estimate of drug-likeness (QED) is 0.839. The third-order valence-corrected chi connectivity index (χ3v) is 3.08. The Morgan fingerprint density at radius 2 is 2.00 bits per heavy atom. The Morgan fingerprint density at radius 1 is 1.26 bits per heavy atom. The van der Waals surface area contributed by atoms with Gasteiger partial charge in [-0.05, 0) is 31.5 Å². The molecule has 1 aromatic heterocycles. The predicted molar refractivity (Wildman–Crippen MR) is 72.4 cm³/mol. The number of nitrogens with zero attached hydrogens (tertiary/aromatic N) is 1. The van der Waals surface area contributed by atoms with Gasteiger partial charge in [0.05, 0.1) is 11.7 Å². The third kappa shape index (κ3) is 3.20. The minimum absolute atomic E-state index is 0.319. The summed E-state index contributed by atoms with van der Waals surface area (Å²) in [5.41, 5.74) is 1.94. The summed E-state index contributed by atoms with van der Waals surface area (Å²) in [6, 6.07) is 4.99. The minimum Gasteiger partial charge on any atom is -0.376 e. The molecule has 5 heteroatoms. The SMILES string of the molecule is Cc1cnc(Cl)c(NC(C)c2ccc(F)cc2F)c1. The molecule has 1 aromatic carbocycles. The number of halogens is 3. The fraction of sp³-hybridized carbons (Fsp3) is 0.214. The maximum absolute atomic E-state index is 13.7. The zero-order chi connectivity index (χ0) is 14.0. The van der Waals surface area contributed by atoms with E-state index >= 15 is 0 Å². The van der Waals surface area contributed by atoms with Crippen molar-refractivity contribution in [3.05, 3.63) is 58.4 Å². The monoisotopic (exact) mass is 282 g/mol. The van der Waals surface area contributed by atoms with E-state index in [1.807, 2.05) is 13.0 Å². The standard InChI is InChI=1S/C14H13ClF2N2/c1-8-5-13(14(15)18-7-8)19-9(2)11-4-3-10(16)6-12(11)17/h3-7,9,19H,1-2H3. The lowest BCUT2D eigenvalue weighted by Crippen LogP contribution is -2.09. The predicted octanol–water partition coefficient (Wildman–Crippen LogP) is 4.49. The summed E-state index contributed by atoms with van der Waals surface area (Å²) in [5.74, 6) is -1.18. The van der Waals surface area contributed by atoms with Crippen LogP contribution in [0.25, 0.3) is 0 Å². The fourth-order valence-electron chi connectivity index (χ4n) is 1.82. The third-order valence-electron chi connectivity index (χ3n) is 2.78. The number of anilines is 1. The molecule has 1 unspecified atom stereocenters. The van der Waals surface area contributed by atoms with Gasteiger partial charge in [0.2, 0.25) is 0 Å². The van der Waals surface area contributed by atoms with E-state index < -0.39 is 11.6 Å². The van der Waals surface area contributed by atoms with Crippen molar-refractivity contribution in [3.8, 4) is 0 Å². The Hall–Kier alpha value is -1.68. The van der Waals surface area contributed by atoms with Crippen LogP contribution in [0.1, 0.15) is 24.1 Å². The summed E-state index contributed by atoms with van der Waals surface area (Å²) in [5, 5.41) is 3.39. The van der Waals surface area contributed by atoms with Gasteiger partial charge in [-0.3, -0.25) is 0 Å². The maximum atomic E-state index is 13.7. The number of aryl methyl sites for hydroxylation is 1. The second-order valence-electron chi connectivity index (χ2n) is 4.38. The van der Waals surface area contributed by atoms with E-state index in [1.165, 1.54) is 12.1 Å². The maximum Gasteiger partial charge on any atom is 0.152 e. The molecule has 0 aliphatic heterocycles. The van der Waals surface area contributed by atoms with Gasteiger partial charge in [-0.1, -0.05) is 17.7 Å². The molecule has 2 aromatic rings. The van der Waals surface area contributed by atoms with Crippen LogP contribution in [0.5, 0.6) is 0 Å². The molecule has 0 saturated carbocycles. The number of aromatic nitrogens is 1. The van der Waals surface area contributed by atoms with Crippen molar-refractivity contribution in [2.75, 3.05) is 5.32 Å². The van der Waals surface area contributed by atoms with Crippen LogP contribution in [0.4, 0.5) is 14.5 Å². The number of rotatable bonds is 3. The lowest BCUT2D eigenvalue weighted by Gasteiger charge is -2.17. The summed E-state index contributed by atoms with van der Waals surface area (Å²) in [6.45, 7) is 3.66. The van der Waals surface area contributed by atoms with E-state index in [0.717, 1.165) is 11.6 Å². The zero-order valence-electron chi connectivity index (χ0n) is 10.5. The lowest BCUT2D eigenvalue weighted by molar-refractivity contribution is 0.566. The first kappa shape index (κ1) is 13.7. The van der Waals surface area contributed by atoms with E-state index in [0.29, 0.717) is 16.4 Å². The summed E-state index contributed by atoms with van der Waals surface area (Å²) in [4.78, 5) is 4.01. The molecular weight excluding hydrogens is 270 g/mol. The van der Waals surface area contributed by atoms with Crippen LogP contribution in [0.2, 0.25) is 5.15 Å². The second-order valence-corrected chi connectivity index (χ2v) is 4.74. The first-order valence-corrected chi connectivity index (χ1v) is 6.19. The van der Waals surface area contributed by atoms with Crippen LogP contribution in [-0.2, 0) is 0 Å². The van der Waals surface area contributed by atoms with Gasteiger partial charge in [0.25, 0.3) is 0 Å². The largest absolute Gasteiger partial charge is 0.376 e. The molecule has 0 spiro atoms. The molecule has 2 rings (SSSR count). The zero-order valence-corrected chi connectivity index (χ0v) is 11.3. The topological polar surface area (TPSA) is 24.9 Å². The van der Waals surface area contributed by atoms with E-state index in [9.17, 15) is 8.78 Å². The van der Waals surface area contributed by atoms with Crippen molar-refractivity contribution in [1.82, 2.24) is 4.98 Å². The van der Waals surface area contributed by atoms with Gasteiger partial charge in [-0.2, -0.15) is 0 Å². The van der Waals surface area contributed by atoms with E-state index in [2.05, 4.69) is 10.3 Å². The van der Waals surface area contributed by atoms with Gasteiger partial charge in [0.1, 0.15) is 11.6 Å². The van der Waals surface area contributed by atoms with Crippen LogP contribution < -0.4 is 5.32 Å². The van der Waals surface area contributed by atoms with Crippen LogP contribution in [0.15, 0.2) is 30.5 Å². The Kier molecular flexibility index (Phi) is 4.00. The molecule has 0 aliphatic rings. The van der Waals surface area contributed by atoms with Crippen molar-refractivity contribution in [2.24, 2.45) is 0 Å². The molecule has 0 bridgehead atoms. The van der Waals surface area contributed by atoms with Crippen LogP contribution in [-0.4, -0.2) is 4.98 Å². The highest BCUT2D eigenvalue weighted by Gasteiger charge is 2.13. The average molecular weight is 283 g/mol. The second kappa shape index (κ2) is 5.53. The minimum atomic E-state index is -0.594. The van der Waals surface area contributed by atoms with Crippen LogP contribution >= 0.6 is 11.6 Å². The van der Waals surface area contributed by atoms with Gasteiger partial charge in [-0.25, -0.2) is 13.8 Å². The molecule has 1 heterocycles. The van der Waals surface area contributed by atoms with Crippen molar-refractivity contribution in [3.63, 3.8) is 0 Å². The average Bonchev–Trinajstić information content (AvgIpc) is 2.33. The van der Waals surface area contributed by atoms with E-state index in [-0.39, 0.29) is 6.04 Å². The molecule has 0 amide bonds.